The Morgan fingerprint density at radius 2 is 1.69 bits per heavy atom. The predicted molar refractivity (Wildman–Crippen MR) is 113 cm³/mol. The van der Waals surface area contributed by atoms with Gasteiger partial charge in [-0.15, -0.1) is 0 Å². The smallest absolute Gasteiger partial charge is 0.163 e. The van der Waals surface area contributed by atoms with Gasteiger partial charge in [0.25, 0.3) is 0 Å². The molecular formula is C21H28N8. The molecule has 3 aromatic heterocycles. The topological polar surface area (TPSA) is 75.9 Å². The number of rotatable bonds is 3. The van der Waals surface area contributed by atoms with Gasteiger partial charge in [0.15, 0.2) is 5.65 Å². The summed E-state index contributed by atoms with van der Waals surface area (Å²) in [5, 5.41) is 5.35. The number of hydrogen-bond donors (Lipinski definition) is 0. The summed E-state index contributed by atoms with van der Waals surface area (Å²) < 4.78 is 1.80. The van der Waals surface area contributed by atoms with Gasteiger partial charge in [-0.05, 0) is 12.8 Å². The van der Waals surface area contributed by atoms with Gasteiger partial charge >= 0.3 is 0 Å². The number of fused-ring (bicyclic) bond motifs is 1. The Morgan fingerprint density at radius 3 is 2.38 bits per heavy atom. The van der Waals surface area contributed by atoms with Crippen LogP contribution in [0.2, 0.25) is 0 Å². The number of nitrogens with zero attached hydrogens (tertiary/aromatic N) is 8. The van der Waals surface area contributed by atoms with Crippen LogP contribution >= 0.6 is 0 Å². The van der Waals surface area contributed by atoms with Crippen LogP contribution in [-0.4, -0.2) is 55.9 Å². The third-order valence-electron chi connectivity index (χ3n) is 5.85. The summed E-state index contributed by atoms with van der Waals surface area (Å²) in [5.74, 6) is 3.63. The highest BCUT2D eigenvalue weighted by molar-refractivity contribution is 5.86. The van der Waals surface area contributed by atoms with E-state index in [4.69, 9.17) is 9.97 Å². The van der Waals surface area contributed by atoms with E-state index >= 15 is 0 Å². The minimum absolute atomic E-state index is 0.0238. The molecule has 0 spiro atoms. The summed E-state index contributed by atoms with van der Waals surface area (Å²) in [6, 6.07) is 2.19. The van der Waals surface area contributed by atoms with Crippen molar-refractivity contribution in [1.82, 2.24) is 29.7 Å². The average Bonchev–Trinajstić information content (AvgIpc) is 3.50. The van der Waals surface area contributed by atoms with Gasteiger partial charge in [-0.3, -0.25) is 4.68 Å². The fraction of sp³-hybridized carbons (Fsp3) is 0.571. The standard InChI is InChI=1S/C21H28N8/c1-21(2,3)16-11-17(26-18(25-16)14-5-6-14)28-7-9-29(10-8-28)20-15-12-24-27(4)19(15)22-13-23-20/h11-14H,5-10H2,1-4H3. The van der Waals surface area contributed by atoms with E-state index < -0.39 is 0 Å². The molecule has 1 aliphatic heterocycles. The zero-order valence-corrected chi connectivity index (χ0v) is 17.6. The molecule has 2 fully saturated rings. The van der Waals surface area contributed by atoms with Crippen LogP contribution in [0.5, 0.6) is 0 Å². The van der Waals surface area contributed by atoms with Crippen molar-refractivity contribution in [2.75, 3.05) is 36.0 Å². The third kappa shape index (κ3) is 3.41. The lowest BCUT2D eigenvalue weighted by atomic mass is 9.91. The first-order valence-corrected chi connectivity index (χ1v) is 10.4. The third-order valence-corrected chi connectivity index (χ3v) is 5.85. The highest BCUT2D eigenvalue weighted by Crippen LogP contribution is 2.39. The van der Waals surface area contributed by atoms with Crippen molar-refractivity contribution in [3.8, 4) is 0 Å². The molecule has 3 aromatic rings. The van der Waals surface area contributed by atoms with E-state index in [2.05, 4.69) is 51.7 Å². The van der Waals surface area contributed by atoms with Gasteiger partial charge in [0.1, 0.15) is 23.8 Å². The van der Waals surface area contributed by atoms with Crippen LogP contribution in [-0.2, 0) is 12.5 Å². The number of anilines is 2. The van der Waals surface area contributed by atoms with Gasteiger partial charge in [0.2, 0.25) is 0 Å². The van der Waals surface area contributed by atoms with E-state index in [0.29, 0.717) is 5.92 Å². The molecule has 0 amide bonds. The quantitative estimate of drug-likeness (QED) is 0.678. The summed E-state index contributed by atoms with van der Waals surface area (Å²) in [6.45, 7) is 10.3. The molecule has 2 aliphatic rings. The van der Waals surface area contributed by atoms with Crippen LogP contribution in [0.3, 0.4) is 0 Å². The molecule has 5 rings (SSSR count). The zero-order valence-electron chi connectivity index (χ0n) is 17.6. The van der Waals surface area contributed by atoms with Gasteiger partial charge in [-0.1, -0.05) is 20.8 Å². The normalized spacial score (nSPS) is 17.9. The maximum atomic E-state index is 4.94. The summed E-state index contributed by atoms with van der Waals surface area (Å²) in [4.78, 5) is 23.5. The number of aromatic nitrogens is 6. The molecule has 1 saturated carbocycles. The minimum Gasteiger partial charge on any atom is -0.353 e. The molecule has 8 nitrogen and oxygen atoms in total. The maximum Gasteiger partial charge on any atom is 0.163 e. The molecule has 0 bridgehead atoms. The van der Waals surface area contributed by atoms with E-state index in [1.165, 1.54) is 12.8 Å². The summed E-state index contributed by atoms with van der Waals surface area (Å²) in [7, 11) is 1.91. The maximum absolute atomic E-state index is 4.94. The van der Waals surface area contributed by atoms with Crippen LogP contribution in [0.1, 0.15) is 51.0 Å². The van der Waals surface area contributed by atoms with Gasteiger partial charge < -0.3 is 9.80 Å². The van der Waals surface area contributed by atoms with Crippen molar-refractivity contribution >= 4 is 22.7 Å². The molecule has 0 unspecified atom stereocenters. The first-order chi connectivity index (χ1) is 13.9. The minimum atomic E-state index is 0.0238. The largest absolute Gasteiger partial charge is 0.353 e. The highest BCUT2D eigenvalue weighted by atomic mass is 15.3. The van der Waals surface area contributed by atoms with E-state index in [9.17, 15) is 0 Å². The van der Waals surface area contributed by atoms with Crippen molar-refractivity contribution in [2.24, 2.45) is 7.05 Å². The lowest BCUT2D eigenvalue weighted by Gasteiger charge is -2.36. The van der Waals surface area contributed by atoms with Crippen LogP contribution in [0, 0.1) is 0 Å². The van der Waals surface area contributed by atoms with Crippen molar-refractivity contribution < 1.29 is 0 Å². The first kappa shape index (κ1) is 18.3. The lowest BCUT2D eigenvalue weighted by molar-refractivity contribution is 0.559. The van der Waals surface area contributed by atoms with Gasteiger partial charge in [0, 0.05) is 50.6 Å². The molecule has 0 aromatic carbocycles. The van der Waals surface area contributed by atoms with Crippen LogP contribution in [0.15, 0.2) is 18.6 Å². The van der Waals surface area contributed by atoms with Crippen molar-refractivity contribution in [3.63, 3.8) is 0 Å². The monoisotopic (exact) mass is 392 g/mol. The molecule has 0 atom stereocenters. The second kappa shape index (κ2) is 6.64. The Bertz CT molecular complexity index is 1040. The van der Waals surface area contributed by atoms with Crippen LogP contribution < -0.4 is 9.80 Å². The van der Waals surface area contributed by atoms with E-state index in [1.54, 1.807) is 11.0 Å². The molecule has 4 heterocycles. The van der Waals surface area contributed by atoms with Gasteiger partial charge in [0.05, 0.1) is 17.3 Å². The molecule has 0 radical (unpaired) electrons. The van der Waals surface area contributed by atoms with Crippen LogP contribution in [0.25, 0.3) is 11.0 Å². The first-order valence-electron chi connectivity index (χ1n) is 10.4. The van der Waals surface area contributed by atoms with Gasteiger partial charge in [-0.2, -0.15) is 5.10 Å². The highest BCUT2D eigenvalue weighted by Gasteiger charge is 2.30. The number of hydrogen-bond acceptors (Lipinski definition) is 7. The Morgan fingerprint density at radius 1 is 0.966 bits per heavy atom. The predicted octanol–water partition coefficient (Wildman–Crippen LogP) is 2.65. The Kier molecular flexibility index (Phi) is 4.18. The fourth-order valence-electron chi connectivity index (χ4n) is 3.87. The van der Waals surface area contributed by atoms with Crippen molar-refractivity contribution in [1.29, 1.82) is 0 Å². The SMILES string of the molecule is Cn1ncc2c(N3CCN(c4cc(C(C)(C)C)nc(C5CC5)n4)CC3)ncnc21. The lowest BCUT2D eigenvalue weighted by Crippen LogP contribution is -2.47. The van der Waals surface area contributed by atoms with E-state index in [-0.39, 0.29) is 5.41 Å². The van der Waals surface area contributed by atoms with Crippen molar-refractivity contribution in [3.05, 3.63) is 30.1 Å². The fourth-order valence-corrected chi connectivity index (χ4v) is 3.87. The average molecular weight is 393 g/mol. The van der Waals surface area contributed by atoms with Crippen LogP contribution in [0.4, 0.5) is 11.6 Å². The molecule has 1 aliphatic carbocycles. The zero-order chi connectivity index (χ0) is 20.2. The summed E-state index contributed by atoms with van der Waals surface area (Å²) in [6.07, 6.45) is 5.93. The number of aryl methyl sites for hydroxylation is 1. The number of piperazine rings is 1. The summed E-state index contributed by atoms with van der Waals surface area (Å²) >= 11 is 0. The molecule has 1 saturated heterocycles. The molecule has 29 heavy (non-hydrogen) atoms. The second-order valence-corrected chi connectivity index (χ2v) is 9.17. The Balaban J connectivity index is 1.38. The molecule has 0 N–H and O–H groups in total. The molecule has 152 valence electrons. The molecular weight excluding hydrogens is 364 g/mol. The Labute approximate surface area is 171 Å². The summed E-state index contributed by atoms with van der Waals surface area (Å²) in [5.41, 5.74) is 2.03. The Hall–Kier alpha value is -2.77. The van der Waals surface area contributed by atoms with Gasteiger partial charge in [-0.25, -0.2) is 19.9 Å². The van der Waals surface area contributed by atoms with E-state index in [0.717, 1.165) is 60.4 Å². The second-order valence-electron chi connectivity index (χ2n) is 9.17. The van der Waals surface area contributed by atoms with E-state index in [1.807, 2.05) is 13.2 Å². The van der Waals surface area contributed by atoms with Crippen molar-refractivity contribution in [2.45, 2.75) is 44.9 Å². The molecule has 8 heteroatoms.